The van der Waals surface area contributed by atoms with Crippen molar-refractivity contribution in [2.75, 3.05) is 7.05 Å². The smallest absolute Gasteiger partial charge is 0.259 e. The average Bonchev–Trinajstić information content (AvgIpc) is 3.00. The van der Waals surface area contributed by atoms with Gasteiger partial charge in [-0.1, -0.05) is 5.16 Å². The summed E-state index contributed by atoms with van der Waals surface area (Å²) in [5.41, 5.74) is 2.96. The molecule has 0 aliphatic carbocycles. The van der Waals surface area contributed by atoms with Crippen LogP contribution in [0.5, 0.6) is 0 Å². The molecule has 3 aromatic heterocycles. The topological polar surface area (TPSA) is 81.2 Å². The molecule has 0 unspecified atom stereocenters. The summed E-state index contributed by atoms with van der Waals surface area (Å²) in [7, 11) is 1.59. The highest BCUT2D eigenvalue weighted by molar-refractivity contribution is 6.06. The number of pyridine rings is 1. The Morgan fingerprint density at radius 3 is 2.62 bits per heavy atom. The molecule has 0 bridgehead atoms. The van der Waals surface area contributed by atoms with E-state index in [1.54, 1.807) is 20.0 Å². The summed E-state index contributed by atoms with van der Waals surface area (Å²) in [4.78, 5) is 16.6. The Morgan fingerprint density at radius 2 is 2.00 bits per heavy atom. The average molecular weight is 285 g/mol. The predicted octanol–water partition coefficient (Wildman–Crippen LogP) is 2.77. The van der Waals surface area contributed by atoms with Crippen LogP contribution in [0.15, 0.2) is 21.1 Å². The number of rotatable bonds is 2. The standard InChI is InChI=1S/C15H15N3O3/c1-7-5-10(9(3)20-7)12-6-11(14(19)16-4)13-8(2)18-21-15(13)17-12/h5-6H,1-4H3,(H,16,19). The van der Waals surface area contributed by atoms with Crippen LogP contribution in [0.25, 0.3) is 22.4 Å². The molecule has 6 heteroatoms. The molecule has 0 saturated carbocycles. The van der Waals surface area contributed by atoms with E-state index in [4.69, 9.17) is 8.94 Å². The van der Waals surface area contributed by atoms with Crippen LogP contribution in [0.2, 0.25) is 0 Å². The summed E-state index contributed by atoms with van der Waals surface area (Å²) in [5.74, 6) is 1.34. The Labute approximate surface area is 121 Å². The monoisotopic (exact) mass is 285 g/mol. The number of amides is 1. The van der Waals surface area contributed by atoms with E-state index in [9.17, 15) is 4.79 Å². The van der Waals surface area contributed by atoms with Crippen molar-refractivity contribution in [2.24, 2.45) is 0 Å². The number of furan rings is 1. The van der Waals surface area contributed by atoms with Crippen LogP contribution >= 0.6 is 0 Å². The van der Waals surface area contributed by atoms with Crippen molar-refractivity contribution < 1.29 is 13.7 Å². The first kappa shape index (κ1) is 13.4. The normalized spacial score (nSPS) is 11.0. The van der Waals surface area contributed by atoms with Gasteiger partial charge in [-0.3, -0.25) is 4.79 Å². The van der Waals surface area contributed by atoms with Crippen LogP contribution in [0, 0.1) is 20.8 Å². The largest absolute Gasteiger partial charge is 0.466 e. The molecule has 21 heavy (non-hydrogen) atoms. The molecule has 0 spiro atoms. The third-order valence-electron chi connectivity index (χ3n) is 3.41. The van der Waals surface area contributed by atoms with Gasteiger partial charge in [0.25, 0.3) is 11.6 Å². The molecule has 6 nitrogen and oxygen atoms in total. The Bertz CT molecular complexity index is 845. The van der Waals surface area contributed by atoms with Gasteiger partial charge >= 0.3 is 0 Å². The molecule has 1 N–H and O–H groups in total. The van der Waals surface area contributed by atoms with E-state index < -0.39 is 0 Å². The van der Waals surface area contributed by atoms with Crippen molar-refractivity contribution in [3.05, 3.63) is 34.9 Å². The molecule has 1 amide bonds. The van der Waals surface area contributed by atoms with Crippen LogP contribution in [0.1, 0.15) is 27.6 Å². The maximum atomic E-state index is 12.1. The number of hydrogen-bond acceptors (Lipinski definition) is 5. The van der Waals surface area contributed by atoms with Gasteiger partial charge in [-0.05, 0) is 32.9 Å². The fourth-order valence-electron chi connectivity index (χ4n) is 2.43. The Morgan fingerprint density at radius 1 is 1.24 bits per heavy atom. The molecule has 0 aromatic carbocycles. The second kappa shape index (κ2) is 4.73. The molecule has 0 radical (unpaired) electrons. The van der Waals surface area contributed by atoms with Gasteiger partial charge in [-0.2, -0.15) is 0 Å². The van der Waals surface area contributed by atoms with Gasteiger partial charge in [0.15, 0.2) is 0 Å². The predicted molar refractivity (Wildman–Crippen MR) is 77.1 cm³/mol. The first-order valence-corrected chi connectivity index (χ1v) is 6.57. The van der Waals surface area contributed by atoms with E-state index in [-0.39, 0.29) is 5.91 Å². The summed E-state index contributed by atoms with van der Waals surface area (Å²) in [6.07, 6.45) is 0. The summed E-state index contributed by atoms with van der Waals surface area (Å²) in [6, 6.07) is 3.63. The molecule has 0 saturated heterocycles. The zero-order valence-electron chi connectivity index (χ0n) is 12.3. The Kier molecular flexibility index (Phi) is 3.01. The number of aryl methyl sites for hydroxylation is 3. The zero-order valence-corrected chi connectivity index (χ0v) is 12.3. The molecule has 108 valence electrons. The molecule has 3 rings (SSSR count). The van der Waals surface area contributed by atoms with Crippen LogP contribution in [0.4, 0.5) is 0 Å². The minimum atomic E-state index is -0.201. The second-order valence-electron chi connectivity index (χ2n) is 4.91. The molecular formula is C15H15N3O3. The molecule has 0 fully saturated rings. The lowest BCUT2D eigenvalue weighted by molar-refractivity contribution is 0.0964. The van der Waals surface area contributed by atoms with Crippen molar-refractivity contribution in [1.82, 2.24) is 15.5 Å². The number of fused-ring (bicyclic) bond motifs is 1. The van der Waals surface area contributed by atoms with Gasteiger partial charge < -0.3 is 14.3 Å². The number of nitrogens with one attached hydrogen (secondary N) is 1. The Balaban J connectivity index is 2.31. The lowest BCUT2D eigenvalue weighted by atomic mass is 10.1. The first-order valence-electron chi connectivity index (χ1n) is 6.57. The van der Waals surface area contributed by atoms with Crippen molar-refractivity contribution in [1.29, 1.82) is 0 Å². The van der Waals surface area contributed by atoms with E-state index in [1.807, 2.05) is 19.9 Å². The van der Waals surface area contributed by atoms with Crippen molar-refractivity contribution in [2.45, 2.75) is 20.8 Å². The van der Waals surface area contributed by atoms with Gasteiger partial charge in [-0.25, -0.2) is 4.98 Å². The van der Waals surface area contributed by atoms with Crippen molar-refractivity contribution in [3.8, 4) is 11.3 Å². The molecular weight excluding hydrogens is 270 g/mol. The van der Waals surface area contributed by atoms with Crippen LogP contribution in [-0.4, -0.2) is 23.1 Å². The quantitative estimate of drug-likeness (QED) is 0.783. The minimum absolute atomic E-state index is 0.201. The second-order valence-corrected chi connectivity index (χ2v) is 4.91. The van der Waals surface area contributed by atoms with E-state index in [1.165, 1.54) is 0 Å². The lowest BCUT2D eigenvalue weighted by Gasteiger charge is -2.04. The highest BCUT2D eigenvalue weighted by atomic mass is 16.5. The van der Waals surface area contributed by atoms with E-state index in [0.717, 1.165) is 17.1 Å². The summed E-state index contributed by atoms with van der Waals surface area (Å²) >= 11 is 0. The molecule has 3 heterocycles. The van der Waals surface area contributed by atoms with Crippen LogP contribution in [0.3, 0.4) is 0 Å². The zero-order chi connectivity index (χ0) is 15.1. The van der Waals surface area contributed by atoms with E-state index >= 15 is 0 Å². The SMILES string of the molecule is CNC(=O)c1cc(-c2cc(C)oc2C)nc2onc(C)c12. The highest BCUT2D eigenvalue weighted by Gasteiger charge is 2.20. The maximum absolute atomic E-state index is 12.1. The number of hydrogen-bond donors (Lipinski definition) is 1. The van der Waals surface area contributed by atoms with Gasteiger partial charge in [0.2, 0.25) is 0 Å². The number of aromatic nitrogens is 2. The van der Waals surface area contributed by atoms with Crippen LogP contribution < -0.4 is 5.32 Å². The third kappa shape index (κ3) is 2.08. The van der Waals surface area contributed by atoms with Crippen molar-refractivity contribution in [3.63, 3.8) is 0 Å². The number of nitrogens with zero attached hydrogens (tertiary/aromatic N) is 2. The van der Waals surface area contributed by atoms with E-state index in [0.29, 0.717) is 28.1 Å². The molecule has 3 aromatic rings. The highest BCUT2D eigenvalue weighted by Crippen LogP contribution is 2.30. The van der Waals surface area contributed by atoms with Gasteiger partial charge in [0, 0.05) is 12.6 Å². The molecule has 0 aliphatic heterocycles. The number of carbonyl (C=O) groups excluding carboxylic acids is 1. The summed E-state index contributed by atoms with van der Waals surface area (Å²) in [5, 5.41) is 7.16. The minimum Gasteiger partial charge on any atom is -0.466 e. The fraction of sp³-hybridized carbons (Fsp3) is 0.267. The molecule has 0 atom stereocenters. The maximum Gasteiger partial charge on any atom is 0.259 e. The fourth-order valence-corrected chi connectivity index (χ4v) is 2.43. The van der Waals surface area contributed by atoms with Gasteiger partial charge in [-0.15, -0.1) is 0 Å². The number of carbonyl (C=O) groups is 1. The third-order valence-corrected chi connectivity index (χ3v) is 3.41. The molecule has 0 aliphatic rings. The van der Waals surface area contributed by atoms with Crippen molar-refractivity contribution >= 4 is 17.0 Å². The van der Waals surface area contributed by atoms with Crippen LogP contribution in [-0.2, 0) is 0 Å². The summed E-state index contributed by atoms with van der Waals surface area (Å²) < 4.78 is 10.7. The first-order chi connectivity index (χ1) is 10.0. The summed E-state index contributed by atoms with van der Waals surface area (Å²) in [6.45, 7) is 5.51. The van der Waals surface area contributed by atoms with Gasteiger partial charge in [0.05, 0.1) is 22.3 Å². The Hall–Kier alpha value is -2.63. The van der Waals surface area contributed by atoms with Gasteiger partial charge in [0.1, 0.15) is 11.5 Å². The lowest BCUT2D eigenvalue weighted by Crippen LogP contribution is -2.18. The van der Waals surface area contributed by atoms with E-state index in [2.05, 4.69) is 15.5 Å².